The van der Waals surface area contributed by atoms with Crippen LogP contribution >= 0.6 is 0 Å². The van der Waals surface area contributed by atoms with Gasteiger partial charge < -0.3 is 9.47 Å². The monoisotopic (exact) mass is 343 g/mol. The molecule has 0 spiro atoms. The lowest BCUT2D eigenvalue weighted by molar-refractivity contribution is 0.278. The van der Waals surface area contributed by atoms with Gasteiger partial charge in [0.1, 0.15) is 5.82 Å². The van der Waals surface area contributed by atoms with Crippen LogP contribution in [0, 0.1) is 5.82 Å². The number of benzene rings is 1. The highest BCUT2D eigenvalue weighted by Gasteiger charge is 2.17. The molecule has 0 bridgehead atoms. The van der Waals surface area contributed by atoms with Gasteiger partial charge in [0.25, 0.3) is 5.56 Å². The molecule has 0 amide bonds. The quantitative estimate of drug-likeness (QED) is 0.833. The highest BCUT2D eigenvalue weighted by atomic mass is 19.1. The maximum Gasteiger partial charge on any atom is 0.250 e. The van der Waals surface area contributed by atoms with Crippen molar-refractivity contribution in [1.82, 2.24) is 14.4 Å². The molecule has 1 aliphatic heterocycles. The van der Waals surface area contributed by atoms with Gasteiger partial charge in [0.05, 0.1) is 0 Å². The molecule has 0 saturated carbocycles. The van der Waals surface area contributed by atoms with Crippen LogP contribution in [0.4, 0.5) is 4.39 Å². The molecule has 0 aliphatic carbocycles. The van der Waals surface area contributed by atoms with E-state index in [9.17, 15) is 9.18 Å². The van der Waals surface area contributed by atoms with Gasteiger partial charge in [0.15, 0.2) is 0 Å². The predicted octanol–water partition coefficient (Wildman–Crippen LogP) is 2.15. The molecule has 0 unspecified atom stereocenters. The second-order valence-corrected chi connectivity index (χ2v) is 7.00. The minimum absolute atomic E-state index is 0.0904. The lowest BCUT2D eigenvalue weighted by atomic mass is 10.1. The molecule has 1 aromatic carbocycles. The second-order valence-electron chi connectivity index (χ2n) is 7.00. The van der Waals surface area contributed by atoms with Gasteiger partial charge in [0.2, 0.25) is 0 Å². The molecule has 4 nitrogen and oxygen atoms in total. The van der Waals surface area contributed by atoms with E-state index in [1.165, 1.54) is 23.4 Å². The average molecular weight is 343 g/mol. The summed E-state index contributed by atoms with van der Waals surface area (Å²) < 4.78 is 15.0. The Morgan fingerprint density at radius 1 is 1.04 bits per heavy atom. The Labute approximate surface area is 148 Å². The minimum Gasteiger partial charge on any atom is -0.311 e. The van der Waals surface area contributed by atoms with Crippen LogP contribution < -0.4 is 5.56 Å². The fourth-order valence-corrected chi connectivity index (χ4v) is 3.39. The van der Waals surface area contributed by atoms with Crippen LogP contribution in [-0.2, 0) is 25.9 Å². The van der Waals surface area contributed by atoms with E-state index in [1.807, 2.05) is 36.9 Å². The minimum atomic E-state index is -0.197. The van der Waals surface area contributed by atoms with Crippen LogP contribution in [0.3, 0.4) is 0 Å². The van der Waals surface area contributed by atoms with Crippen molar-refractivity contribution in [2.24, 2.45) is 0 Å². The Bertz CT molecular complexity index is 768. The maximum absolute atomic E-state index is 13.1. The first-order valence-corrected chi connectivity index (χ1v) is 8.86. The van der Waals surface area contributed by atoms with Crippen molar-refractivity contribution in [3.05, 3.63) is 69.4 Å². The summed E-state index contributed by atoms with van der Waals surface area (Å²) in [4.78, 5) is 16.8. The number of halogens is 1. The number of hydrogen-bond donors (Lipinski definition) is 0. The lowest BCUT2D eigenvalue weighted by Gasteiger charge is -2.20. The molecule has 1 aromatic heterocycles. The molecule has 1 aliphatic rings. The Balaban J connectivity index is 1.74. The summed E-state index contributed by atoms with van der Waals surface area (Å²) in [5.41, 5.74) is 3.67. The van der Waals surface area contributed by atoms with E-state index in [4.69, 9.17) is 0 Å². The number of fused-ring (bicyclic) bond motifs is 1. The van der Waals surface area contributed by atoms with Gasteiger partial charge in [-0.05, 0) is 43.8 Å². The third-order valence-corrected chi connectivity index (χ3v) is 4.84. The molecular formula is C20H26FN3O. The molecule has 0 N–H and O–H groups in total. The van der Waals surface area contributed by atoms with Crippen LogP contribution in [0.5, 0.6) is 0 Å². The fraction of sp³-hybridized carbons (Fsp3) is 0.450. The fourth-order valence-electron chi connectivity index (χ4n) is 3.39. The van der Waals surface area contributed by atoms with Gasteiger partial charge >= 0.3 is 0 Å². The molecule has 0 radical (unpaired) electrons. The van der Waals surface area contributed by atoms with E-state index in [-0.39, 0.29) is 11.4 Å². The summed E-state index contributed by atoms with van der Waals surface area (Å²) in [5.74, 6) is -0.197. The van der Waals surface area contributed by atoms with Crippen molar-refractivity contribution in [1.29, 1.82) is 0 Å². The van der Waals surface area contributed by atoms with Gasteiger partial charge in [-0.15, -0.1) is 0 Å². The number of hydrogen-bond acceptors (Lipinski definition) is 3. The van der Waals surface area contributed by atoms with Gasteiger partial charge in [-0.3, -0.25) is 9.69 Å². The molecule has 3 rings (SSSR count). The average Bonchev–Trinajstić information content (AvgIpc) is 2.78. The standard InChI is InChI=1S/C20H26FN3O/c1-22(2)13-14-24-19-10-12-23(11-9-17(19)5-8-20(24)25)15-16-3-6-18(21)7-4-16/h3-8H,9-15H2,1-2H3. The largest absolute Gasteiger partial charge is 0.311 e. The molecule has 134 valence electrons. The van der Waals surface area contributed by atoms with Gasteiger partial charge in [0, 0.05) is 50.9 Å². The Morgan fingerprint density at radius 3 is 2.48 bits per heavy atom. The SMILES string of the molecule is CN(C)CCn1c2c(ccc1=O)CCN(Cc1ccc(F)cc1)CC2. The van der Waals surface area contributed by atoms with Crippen LogP contribution in [0.1, 0.15) is 16.8 Å². The molecule has 0 saturated heterocycles. The lowest BCUT2D eigenvalue weighted by Crippen LogP contribution is -2.30. The van der Waals surface area contributed by atoms with E-state index >= 15 is 0 Å². The Hall–Kier alpha value is -1.98. The number of nitrogens with zero attached hydrogens (tertiary/aromatic N) is 3. The number of rotatable bonds is 5. The Kier molecular flexibility index (Phi) is 5.66. The van der Waals surface area contributed by atoms with Crippen molar-refractivity contribution in [2.45, 2.75) is 25.9 Å². The molecular weight excluding hydrogens is 317 g/mol. The van der Waals surface area contributed by atoms with Gasteiger partial charge in [-0.25, -0.2) is 4.39 Å². The van der Waals surface area contributed by atoms with E-state index < -0.39 is 0 Å². The summed E-state index contributed by atoms with van der Waals surface area (Å²) in [5, 5.41) is 0. The van der Waals surface area contributed by atoms with Crippen LogP contribution in [0.15, 0.2) is 41.2 Å². The molecule has 0 fully saturated rings. The molecule has 5 heteroatoms. The normalized spacial score (nSPS) is 15.2. The van der Waals surface area contributed by atoms with Crippen molar-refractivity contribution in [2.75, 3.05) is 33.7 Å². The van der Waals surface area contributed by atoms with Crippen LogP contribution in [-0.4, -0.2) is 48.1 Å². The topological polar surface area (TPSA) is 28.5 Å². The van der Waals surface area contributed by atoms with E-state index in [0.717, 1.165) is 51.1 Å². The Morgan fingerprint density at radius 2 is 1.76 bits per heavy atom. The number of likely N-dealkylation sites (N-methyl/N-ethyl adjacent to an activating group) is 1. The van der Waals surface area contributed by atoms with Crippen molar-refractivity contribution < 1.29 is 4.39 Å². The summed E-state index contributed by atoms with van der Waals surface area (Å²) >= 11 is 0. The van der Waals surface area contributed by atoms with Crippen LogP contribution in [0.2, 0.25) is 0 Å². The van der Waals surface area contributed by atoms with Gasteiger partial charge in [-0.1, -0.05) is 18.2 Å². The summed E-state index contributed by atoms with van der Waals surface area (Å²) in [6, 6.07) is 10.4. The maximum atomic E-state index is 13.1. The zero-order valence-corrected chi connectivity index (χ0v) is 15.0. The van der Waals surface area contributed by atoms with Crippen LogP contribution in [0.25, 0.3) is 0 Å². The number of pyridine rings is 1. The summed E-state index contributed by atoms with van der Waals surface area (Å²) in [6.07, 6.45) is 1.82. The zero-order valence-electron chi connectivity index (χ0n) is 15.0. The van der Waals surface area contributed by atoms with E-state index in [0.29, 0.717) is 0 Å². The molecule has 2 heterocycles. The molecule has 0 atom stereocenters. The first kappa shape index (κ1) is 17.8. The van der Waals surface area contributed by atoms with Crippen molar-refractivity contribution in [3.63, 3.8) is 0 Å². The van der Waals surface area contributed by atoms with Crippen molar-refractivity contribution >= 4 is 0 Å². The predicted molar refractivity (Wildman–Crippen MR) is 98.3 cm³/mol. The summed E-state index contributed by atoms with van der Waals surface area (Å²) in [7, 11) is 4.05. The smallest absolute Gasteiger partial charge is 0.250 e. The number of aromatic nitrogens is 1. The molecule has 25 heavy (non-hydrogen) atoms. The first-order chi connectivity index (χ1) is 12.0. The third-order valence-electron chi connectivity index (χ3n) is 4.84. The molecule has 2 aromatic rings. The van der Waals surface area contributed by atoms with E-state index in [1.54, 1.807) is 6.07 Å². The first-order valence-electron chi connectivity index (χ1n) is 8.86. The second kappa shape index (κ2) is 7.93. The third kappa shape index (κ3) is 4.55. The zero-order chi connectivity index (χ0) is 17.8. The van der Waals surface area contributed by atoms with E-state index in [2.05, 4.69) is 9.80 Å². The van der Waals surface area contributed by atoms with Gasteiger partial charge in [-0.2, -0.15) is 0 Å². The van der Waals surface area contributed by atoms with Crippen molar-refractivity contribution in [3.8, 4) is 0 Å². The highest BCUT2D eigenvalue weighted by Crippen LogP contribution is 2.16. The summed E-state index contributed by atoms with van der Waals surface area (Å²) in [6.45, 7) is 4.27. The highest BCUT2D eigenvalue weighted by molar-refractivity contribution is 5.24.